The highest BCUT2D eigenvalue weighted by Gasteiger charge is 2.05. The van der Waals surface area contributed by atoms with Gasteiger partial charge in [-0.25, -0.2) is 4.98 Å². The normalized spacial score (nSPS) is 10.1. The van der Waals surface area contributed by atoms with E-state index in [1.807, 2.05) is 31.2 Å². The summed E-state index contributed by atoms with van der Waals surface area (Å²) in [5.74, 6) is 1.90. The first-order chi connectivity index (χ1) is 8.19. The van der Waals surface area contributed by atoms with Crippen LogP contribution in [0.1, 0.15) is 5.56 Å². The molecule has 0 spiro atoms. The molecule has 0 saturated heterocycles. The van der Waals surface area contributed by atoms with Gasteiger partial charge in [-0.2, -0.15) is 4.98 Å². The number of nitrogens with zero attached hydrogens (tertiary/aromatic N) is 2. The number of ether oxygens (including phenoxy) is 1. The molecule has 0 aliphatic rings. The summed E-state index contributed by atoms with van der Waals surface area (Å²) in [6.45, 7) is 1.92. The number of hydrogen-bond donors (Lipinski definition) is 1. The second kappa shape index (κ2) is 5.31. The smallest absolute Gasteiger partial charge is 0.226 e. The molecule has 5 heteroatoms. The maximum Gasteiger partial charge on any atom is 0.226 e. The van der Waals surface area contributed by atoms with Crippen LogP contribution in [0.15, 0.2) is 30.5 Å². The predicted molar refractivity (Wildman–Crippen MR) is 75.5 cm³/mol. The second-order valence-electron chi connectivity index (χ2n) is 3.49. The van der Waals surface area contributed by atoms with Gasteiger partial charge in [0.2, 0.25) is 11.8 Å². The van der Waals surface area contributed by atoms with E-state index in [4.69, 9.17) is 4.74 Å². The van der Waals surface area contributed by atoms with E-state index in [1.54, 1.807) is 13.2 Å². The minimum absolute atomic E-state index is 0.552. The van der Waals surface area contributed by atoms with Gasteiger partial charge in [0.1, 0.15) is 5.75 Å². The highest BCUT2D eigenvalue weighted by Crippen LogP contribution is 2.23. The Morgan fingerprint density at radius 1 is 1.24 bits per heavy atom. The number of aromatic nitrogens is 2. The number of benzene rings is 1. The third-order valence-electron chi connectivity index (χ3n) is 2.18. The molecule has 0 unspecified atom stereocenters. The van der Waals surface area contributed by atoms with Crippen molar-refractivity contribution in [3.05, 3.63) is 39.6 Å². The molecule has 0 atom stereocenters. The summed E-state index contributed by atoms with van der Waals surface area (Å²) in [6.07, 6.45) is 1.74. The SMILES string of the molecule is CNc1ncc(C)c(Oc2ccc(I)cc2)n1. The number of aryl methyl sites for hydroxylation is 1. The highest BCUT2D eigenvalue weighted by molar-refractivity contribution is 14.1. The van der Waals surface area contributed by atoms with Gasteiger partial charge in [0.15, 0.2) is 0 Å². The number of rotatable bonds is 3. The van der Waals surface area contributed by atoms with Gasteiger partial charge in [0, 0.05) is 22.4 Å². The first-order valence-electron chi connectivity index (χ1n) is 5.14. The molecule has 0 aliphatic heterocycles. The molecule has 1 aromatic heterocycles. The zero-order valence-corrected chi connectivity index (χ0v) is 11.7. The van der Waals surface area contributed by atoms with Crippen molar-refractivity contribution in [1.29, 1.82) is 0 Å². The summed E-state index contributed by atoms with van der Waals surface area (Å²) in [5.41, 5.74) is 0.905. The average molecular weight is 341 g/mol. The van der Waals surface area contributed by atoms with Crippen LogP contribution in [0.2, 0.25) is 0 Å². The fourth-order valence-corrected chi connectivity index (χ4v) is 1.62. The van der Waals surface area contributed by atoms with Crippen LogP contribution in [-0.4, -0.2) is 17.0 Å². The van der Waals surface area contributed by atoms with E-state index < -0.39 is 0 Å². The van der Waals surface area contributed by atoms with Gasteiger partial charge >= 0.3 is 0 Å². The van der Waals surface area contributed by atoms with E-state index >= 15 is 0 Å². The summed E-state index contributed by atoms with van der Waals surface area (Å²) in [6, 6.07) is 7.82. The van der Waals surface area contributed by atoms with Gasteiger partial charge in [-0.3, -0.25) is 0 Å². The van der Waals surface area contributed by atoms with Crippen LogP contribution in [0.25, 0.3) is 0 Å². The first-order valence-corrected chi connectivity index (χ1v) is 6.22. The van der Waals surface area contributed by atoms with E-state index in [9.17, 15) is 0 Å². The molecule has 1 aromatic carbocycles. The van der Waals surface area contributed by atoms with Crippen molar-refractivity contribution < 1.29 is 4.74 Å². The lowest BCUT2D eigenvalue weighted by atomic mass is 10.3. The van der Waals surface area contributed by atoms with Gasteiger partial charge in [0.05, 0.1) is 0 Å². The molecule has 2 rings (SSSR count). The summed E-state index contributed by atoms with van der Waals surface area (Å²) < 4.78 is 6.88. The standard InChI is InChI=1S/C12H12IN3O/c1-8-7-15-12(14-2)16-11(8)17-10-5-3-9(13)4-6-10/h3-7H,1-2H3,(H,14,15,16). The third kappa shape index (κ3) is 3.06. The molecule has 17 heavy (non-hydrogen) atoms. The first kappa shape index (κ1) is 12.1. The number of hydrogen-bond acceptors (Lipinski definition) is 4. The van der Waals surface area contributed by atoms with Crippen LogP contribution in [-0.2, 0) is 0 Å². The van der Waals surface area contributed by atoms with Crippen molar-refractivity contribution >= 4 is 28.5 Å². The Morgan fingerprint density at radius 3 is 2.59 bits per heavy atom. The summed E-state index contributed by atoms with van der Waals surface area (Å²) in [5, 5.41) is 2.89. The molecule has 88 valence electrons. The van der Waals surface area contributed by atoms with Crippen molar-refractivity contribution in [2.24, 2.45) is 0 Å². The van der Waals surface area contributed by atoms with Crippen molar-refractivity contribution in [3.8, 4) is 11.6 Å². The van der Waals surface area contributed by atoms with Crippen molar-refractivity contribution in [2.75, 3.05) is 12.4 Å². The summed E-state index contributed by atoms with van der Waals surface area (Å²) >= 11 is 2.25. The van der Waals surface area contributed by atoms with Gasteiger partial charge in [0.25, 0.3) is 0 Å². The Balaban J connectivity index is 2.25. The molecule has 2 aromatic rings. The van der Waals surface area contributed by atoms with Crippen molar-refractivity contribution in [3.63, 3.8) is 0 Å². The average Bonchev–Trinajstić information content (AvgIpc) is 2.35. The van der Waals surface area contributed by atoms with Crippen LogP contribution in [0.3, 0.4) is 0 Å². The lowest BCUT2D eigenvalue weighted by molar-refractivity contribution is 0.458. The zero-order valence-electron chi connectivity index (χ0n) is 9.57. The van der Waals surface area contributed by atoms with Crippen LogP contribution < -0.4 is 10.1 Å². The Bertz CT molecular complexity index is 514. The zero-order chi connectivity index (χ0) is 12.3. The fraction of sp³-hybridized carbons (Fsp3) is 0.167. The lowest BCUT2D eigenvalue weighted by Gasteiger charge is -2.08. The number of nitrogens with one attached hydrogen (secondary N) is 1. The molecule has 0 amide bonds. The van der Waals surface area contributed by atoms with Crippen LogP contribution >= 0.6 is 22.6 Å². The number of anilines is 1. The molecule has 1 N–H and O–H groups in total. The van der Waals surface area contributed by atoms with Gasteiger partial charge < -0.3 is 10.1 Å². The summed E-state index contributed by atoms with van der Waals surface area (Å²) in [7, 11) is 1.78. The number of halogens is 1. The largest absolute Gasteiger partial charge is 0.439 e. The molecule has 0 fully saturated rings. The highest BCUT2D eigenvalue weighted by atomic mass is 127. The predicted octanol–water partition coefficient (Wildman–Crippen LogP) is 3.22. The molecule has 1 heterocycles. The van der Waals surface area contributed by atoms with E-state index in [-0.39, 0.29) is 0 Å². The third-order valence-corrected chi connectivity index (χ3v) is 2.90. The Kier molecular flexibility index (Phi) is 3.78. The van der Waals surface area contributed by atoms with E-state index in [0.717, 1.165) is 11.3 Å². The molecular formula is C12H12IN3O. The minimum atomic E-state index is 0.552. The fourth-order valence-electron chi connectivity index (χ4n) is 1.26. The van der Waals surface area contributed by atoms with Crippen LogP contribution in [0.5, 0.6) is 11.6 Å². The maximum atomic E-state index is 5.71. The molecule has 0 aliphatic carbocycles. The van der Waals surface area contributed by atoms with Crippen LogP contribution in [0.4, 0.5) is 5.95 Å². The Morgan fingerprint density at radius 2 is 1.94 bits per heavy atom. The minimum Gasteiger partial charge on any atom is -0.439 e. The lowest BCUT2D eigenvalue weighted by Crippen LogP contribution is -1.99. The quantitative estimate of drug-likeness (QED) is 0.871. The topological polar surface area (TPSA) is 47.0 Å². The van der Waals surface area contributed by atoms with Gasteiger partial charge in [-0.05, 0) is 53.8 Å². The van der Waals surface area contributed by atoms with Crippen LogP contribution in [0, 0.1) is 10.5 Å². The van der Waals surface area contributed by atoms with Crippen molar-refractivity contribution in [2.45, 2.75) is 6.92 Å². The second-order valence-corrected chi connectivity index (χ2v) is 4.73. The molecule has 0 radical (unpaired) electrons. The van der Waals surface area contributed by atoms with E-state index in [0.29, 0.717) is 11.8 Å². The van der Waals surface area contributed by atoms with Gasteiger partial charge in [-0.1, -0.05) is 0 Å². The van der Waals surface area contributed by atoms with E-state index in [2.05, 4.69) is 37.9 Å². The Hall–Kier alpha value is -1.37. The maximum absolute atomic E-state index is 5.71. The van der Waals surface area contributed by atoms with Crippen molar-refractivity contribution in [1.82, 2.24) is 9.97 Å². The molecular weight excluding hydrogens is 329 g/mol. The van der Waals surface area contributed by atoms with Gasteiger partial charge in [-0.15, -0.1) is 0 Å². The molecule has 0 bridgehead atoms. The summed E-state index contributed by atoms with van der Waals surface area (Å²) in [4.78, 5) is 8.37. The molecule has 0 saturated carbocycles. The Labute approximate surface area is 114 Å². The van der Waals surface area contributed by atoms with E-state index in [1.165, 1.54) is 3.57 Å². The molecule has 4 nitrogen and oxygen atoms in total. The monoisotopic (exact) mass is 341 g/mol.